The Morgan fingerprint density at radius 1 is 1.43 bits per heavy atom. The molecule has 1 aliphatic rings. The molecule has 1 saturated heterocycles. The lowest BCUT2D eigenvalue weighted by Crippen LogP contribution is -2.26. The highest BCUT2D eigenvalue weighted by Gasteiger charge is 2.24. The van der Waals surface area contributed by atoms with Crippen LogP contribution in [0.15, 0.2) is 23.6 Å². The number of carbonyl (C=O) groups excluding carboxylic acids is 1. The second-order valence-electron chi connectivity index (χ2n) is 4.65. The van der Waals surface area contributed by atoms with Crippen LogP contribution < -0.4 is 5.32 Å². The molecule has 0 saturated carbocycles. The van der Waals surface area contributed by atoms with Crippen molar-refractivity contribution >= 4 is 45.6 Å². The number of rotatable bonds is 3. The Hall–Kier alpha value is -1.14. The lowest BCUT2D eigenvalue weighted by atomic mass is 10.2. The van der Waals surface area contributed by atoms with Crippen molar-refractivity contribution in [3.63, 3.8) is 0 Å². The normalized spacial score (nSPS) is 17.9. The highest BCUT2D eigenvalue weighted by atomic mass is 35.5. The summed E-state index contributed by atoms with van der Waals surface area (Å²) in [6, 6.07) is 5.20. The molecule has 0 spiro atoms. The summed E-state index contributed by atoms with van der Waals surface area (Å²) in [6.07, 6.45) is 1.30. The van der Waals surface area contributed by atoms with Crippen LogP contribution >= 0.6 is 34.5 Å². The molecule has 4 nitrogen and oxygen atoms in total. The zero-order valence-corrected chi connectivity index (χ0v) is 13.3. The molecule has 7 heteroatoms. The van der Waals surface area contributed by atoms with E-state index in [9.17, 15) is 4.79 Å². The number of anilines is 1. The molecule has 1 N–H and O–H groups in total. The third-order valence-corrected chi connectivity index (χ3v) is 4.48. The number of hydrogen-bond acceptors (Lipinski definition) is 4. The predicted octanol–water partition coefficient (Wildman–Crippen LogP) is 4.23. The maximum atomic E-state index is 12.0. The lowest BCUT2D eigenvalue weighted by molar-refractivity contribution is -0.124. The van der Waals surface area contributed by atoms with Crippen LogP contribution in [0.3, 0.4) is 0 Å². The first-order chi connectivity index (χ1) is 10.1. The van der Waals surface area contributed by atoms with Crippen molar-refractivity contribution in [3.8, 4) is 11.3 Å². The fourth-order valence-electron chi connectivity index (χ4n) is 2.12. The molecule has 2 aromatic rings. The number of hydrogen-bond donors (Lipinski definition) is 1. The Balaban J connectivity index is 1.77. The molecule has 1 aromatic heterocycles. The van der Waals surface area contributed by atoms with Gasteiger partial charge in [0.1, 0.15) is 6.10 Å². The van der Waals surface area contributed by atoms with Crippen molar-refractivity contribution in [3.05, 3.63) is 33.6 Å². The molecule has 0 bridgehead atoms. The predicted molar refractivity (Wildman–Crippen MR) is 85.2 cm³/mol. The third-order valence-electron chi connectivity index (χ3n) is 3.16. The Labute approximate surface area is 136 Å². The molecular weight excluding hydrogens is 331 g/mol. The SMILES string of the molecule is O=C(Nc1nc(-c2cc(Cl)ccc2Cl)cs1)C1CCCO1. The number of benzene rings is 1. The molecule has 110 valence electrons. The molecule has 2 heterocycles. The van der Waals surface area contributed by atoms with E-state index in [1.54, 1.807) is 18.2 Å². The highest BCUT2D eigenvalue weighted by Crippen LogP contribution is 2.32. The van der Waals surface area contributed by atoms with Crippen molar-refractivity contribution < 1.29 is 9.53 Å². The van der Waals surface area contributed by atoms with Crippen LogP contribution in [0.25, 0.3) is 11.3 Å². The van der Waals surface area contributed by atoms with E-state index >= 15 is 0 Å². The largest absolute Gasteiger partial charge is 0.368 e. The fourth-order valence-corrected chi connectivity index (χ4v) is 3.22. The van der Waals surface area contributed by atoms with Gasteiger partial charge in [0.25, 0.3) is 5.91 Å². The molecule has 0 radical (unpaired) electrons. The van der Waals surface area contributed by atoms with E-state index in [1.807, 2.05) is 5.38 Å². The maximum absolute atomic E-state index is 12.0. The number of halogens is 2. The zero-order valence-electron chi connectivity index (χ0n) is 10.9. The van der Waals surface area contributed by atoms with Crippen LogP contribution in [-0.4, -0.2) is 23.6 Å². The summed E-state index contributed by atoms with van der Waals surface area (Å²) in [5, 5.41) is 6.30. The Morgan fingerprint density at radius 3 is 3.05 bits per heavy atom. The lowest BCUT2D eigenvalue weighted by Gasteiger charge is -2.07. The standard InChI is InChI=1S/C14H12Cl2N2O2S/c15-8-3-4-10(16)9(6-8)11-7-21-14(17-11)18-13(19)12-2-1-5-20-12/h3-4,6-7,12H,1-2,5H2,(H,17,18,19). The van der Waals surface area contributed by atoms with Gasteiger partial charge in [-0.1, -0.05) is 23.2 Å². The number of thiazole rings is 1. The summed E-state index contributed by atoms with van der Waals surface area (Å²) in [4.78, 5) is 16.3. The van der Waals surface area contributed by atoms with Gasteiger partial charge in [-0.05, 0) is 31.0 Å². The maximum Gasteiger partial charge on any atom is 0.255 e. The van der Waals surface area contributed by atoms with E-state index in [2.05, 4.69) is 10.3 Å². The van der Waals surface area contributed by atoms with Gasteiger partial charge in [0.05, 0.1) is 10.7 Å². The quantitative estimate of drug-likeness (QED) is 0.907. The number of aromatic nitrogens is 1. The summed E-state index contributed by atoms with van der Waals surface area (Å²) >= 11 is 13.5. The molecule has 1 aromatic carbocycles. The zero-order chi connectivity index (χ0) is 14.8. The summed E-state index contributed by atoms with van der Waals surface area (Å²) in [7, 11) is 0. The first-order valence-corrected chi connectivity index (χ1v) is 8.10. The summed E-state index contributed by atoms with van der Waals surface area (Å²) in [5.74, 6) is -0.148. The number of amides is 1. The topological polar surface area (TPSA) is 51.2 Å². The summed E-state index contributed by atoms with van der Waals surface area (Å²) in [6.45, 7) is 0.638. The minimum absolute atomic E-state index is 0.148. The molecular formula is C14H12Cl2N2O2S. The second-order valence-corrected chi connectivity index (χ2v) is 6.35. The van der Waals surface area contributed by atoms with Gasteiger partial charge in [-0.3, -0.25) is 10.1 Å². The van der Waals surface area contributed by atoms with Crippen LogP contribution in [0.1, 0.15) is 12.8 Å². The van der Waals surface area contributed by atoms with E-state index in [-0.39, 0.29) is 12.0 Å². The van der Waals surface area contributed by atoms with Gasteiger partial charge in [0.2, 0.25) is 0 Å². The van der Waals surface area contributed by atoms with Gasteiger partial charge in [-0.15, -0.1) is 11.3 Å². The third kappa shape index (κ3) is 3.37. The van der Waals surface area contributed by atoms with E-state index in [0.717, 1.165) is 18.4 Å². The van der Waals surface area contributed by atoms with E-state index in [4.69, 9.17) is 27.9 Å². The van der Waals surface area contributed by atoms with Crippen molar-refractivity contribution in [2.24, 2.45) is 0 Å². The van der Waals surface area contributed by atoms with Crippen LogP contribution in [0.2, 0.25) is 10.0 Å². The van der Waals surface area contributed by atoms with Gasteiger partial charge >= 0.3 is 0 Å². The average molecular weight is 343 g/mol. The van der Waals surface area contributed by atoms with Gasteiger partial charge in [0.15, 0.2) is 5.13 Å². The van der Waals surface area contributed by atoms with Crippen molar-refractivity contribution in [2.45, 2.75) is 18.9 Å². The average Bonchev–Trinajstić information content (AvgIpc) is 3.12. The molecule has 3 rings (SSSR count). The molecule has 21 heavy (non-hydrogen) atoms. The second kappa shape index (κ2) is 6.32. The van der Waals surface area contributed by atoms with Crippen LogP contribution in [0.4, 0.5) is 5.13 Å². The van der Waals surface area contributed by atoms with E-state index in [0.29, 0.717) is 27.5 Å². The first kappa shape index (κ1) is 14.8. The van der Waals surface area contributed by atoms with Gasteiger partial charge in [0, 0.05) is 22.6 Å². The first-order valence-electron chi connectivity index (χ1n) is 6.47. The number of ether oxygens (including phenoxy) is 1. The van der Waals surface area contributed by atoms with E-state index in [1.165, 1.54) is 11.3 Å². The molecule has 1 unspecified atom stereocenters. The minimum Gasteiger partial charge on any atom is -0.368 e. The number of nitrogens with one attached hydrogen (secondary N) is 1. The van der Waals surface area contributed by atoms with E-state index < -0.39 is 0 Å². The molecule has 1 atom stereocenters. The molecule has 1 aliphatic heterocycles. The number of carbonyl (C=O) groups is 1. The number of nitrogens with zero attached hydrogens (tertiary/aromatic N) is 1. The van der Waals surface area contributed by atoms with Gasteiger partial charge in [-0.25, -0.2) is 4.98 Å². The van der Waals surface area contributed by atoms with Crippen molar-refractivity contribution in [1.29, 1.82) is 0 Å². The van der Waals surface area contributed by atoms with Crippen molar-refractivity contribution in [1.82, 2.24) is 4.98 Å². The van der Waals surface area contributed by atoms with Crippen LogP contribution in [0, 0.1) is 0 Å². The molecule has 1 fully saturated rings. The van der Waals surface area contributed by atoms with Gasteiger partial charge in [-0.2, -0.15) is 0 Å². The molecule has 1 amide bonds. The van der Waals surface area contributed by atoms with Gasteiger partial charge < -0.3 is 4.74 Å². The Morgan fingerprint density at radius 2 is 2.29 bits per heavy atom. The highest BCUT2D eigenvalue weighted by molar-refractivity contribution is 7.14. The summed E-state index contributed by atoms with van der Waals surface area (Å²) < 4.78 is 5.34. The Kier molecular flexibility index (Phi) is 4.45. The monoisotopic (exact) mass is 342 g/mol. The summed E-state index contributed by atoms with van der Waals surface area (Å²) in [5.41, 5.74) is 1.44. The minimum atomic E-state index is -0.368. The Bertz CT molecular complexity index is 669. The van der Waals surface area contributed by atoms with Crippen molar-refractivity contribution in [2.75, 3.05) is 11.9 Å². The fraction of sp³-hybridized carbons (Fsp3) is 0.286. The van der Waals surface area contributed by atoms with Crippen LogP contribution in [0.5, 0.6) is 0 Å². The van der Waals surface area contributed by atoms with Crippen LogP contribution in [-0.2, 0) is 9.53 Å². The molecule has 0 aliphatic carbocycles. The smallest absolute Gasteiger partial charge is 0.255 e.